The number of oxazole rings is 1. The molecule has 3 nitrogen and oxygen atoms in total. The summed E-state index contributed by atoms with van der Waals surface area (Å²) in [5.74, 6) is 0.409. The van der Waals surface area contributed by atoms with Gasteiger partial charge in [0.2, 0.25) is 0 Å². The average Bonchev–Trinajstić information content (AvgIpc) is 2.98. The maximum atomic E-state index is 11.5. The molecule has 0 amide bonds. The van der Waals surface area contributed by atoms with Gasteiger partial charge in [0.15, 0.2) is 5.58 Å². The summed E-state index contributed by atoms with van der Waals surface area (Å²) in [5.41, 5.74) is 2.75. The fraction of sp³-hybridized carbons (Fsp3) is 0.500. The predicted octanol–water partition coefficient (Wildman–Crippen LogP) is 3.76. The van der Waals surface area contributed by atoms with Crippen molar-refractivity contribution in [1.29, 1.82) is 0 Å². The molecule has 0 spiro atoms. The van der Waals surface area contributed by atoms with E-state index in [0.29, 0.717) is 16.3 Å². The van der Waals surface area contributed by atoms with E-state index in [9.17, 15) is 4.79 Å². The van der Waals surface area contributed by atoms with Crippen LogP contribution < -0.4 is 5.76 Å². The molecule has 1 aromatic carbocycles. The van der Waals surface area contributed by atoms with Crippen molar-refractivity contribution in [2.75, 3.05) is 0 Å². The quantitative estimate of drug-likeness (QED) is 0.792. The number of halogens is 1. The first-order valence-corrected chi connectivity index (χ1v) is 7.32. The predicted molar refractivity (Wildman–Crippen MR) is 75.1 cm³/mol. The number of rotatable bonds is 2. The number of hydrogen-bond acceptors (Lipinski definition) is 2. The lowest BCUT2D eigenvalue weighted by Gasteiger charge is -2.17. The summed E-state index contributed by atoms with van der Waals surface area (Å²) in [6, 6.07) is 6.06. The zero-order valence-electron chi connectivity index (χ0n) is 10.4. The molecule has 0 saturated heterocycles. The van der Waals surface area contributed by atoms with Gasteiger partial charge in [-0.3, -0.25) is 4.57 Å². The largest absolute Gasteiger partial charge is 0.419 e. The van der Waals surface area contributed by atoms with Gasteiger partial charge < -0.3 is 4.42 Å². The second kappa shape index (κ2) is 4.57. The van der Waals surface area contributed by atoms with Gasteiger partial charge in [0.25, 0.3) is 0 Å². The van der Waals surface area contributed by atoms with Crippen LogP contribution in [0.4, 0.5) is 0 Å². The van der Waals surface area contributed by atoms with Gasteiger partial charge in [0.05, 0.1) is 5.52 Å². The minimum absolute atomic E-state index is 0.297. The highest BCUT2D eigenvalue weighted by Crippen LogP contribution is 2.41. The molecular formula is C14H16BrNO2. The second-order valence-corrected chi connectivity index (χ2v) is 6.09. The minimum atomic E-state index is -0.297. The van der Waals surface area contributed by atoms with Gasteiger partial charge in [0.1, 0.15) is 0 Å². The molecule has 3 rings (SSSR count). The molecule has 1 aromatic heterocycles. The molecule has 4 heteroatoms. The molecule has 1 aliphatic rings. The van der Waals surface area contributed by atoms with Crippen LogP contribution in [0, 0.1) is 5.92 Å². The van der Waals surface area contributed by atoms with Gasteiger partial charge in [-0.25, -0.2) is 4.79 Å². The lowest BCUT2D eigenvalue weighted by atomic mass is 9.98. The maximum Gasteiger partial charge on any atom is 0.419 e. The topological polar surface area (TPSA) is 35.1 Å². The summed E-state index contributed by atoms with van der Waals surface area (Å²) >= 11 is 3.80. The minimum Gasteiger partial charge on any atom is -0.408 e. The normalized spacial score (nSPS) is 18.6. The fourth-order valence-corrected chi connectivity index (χ4v) is 3.66. The molecule has 1 heterocycles. The molecule has 2 aromatic rings. The lowest BCUT2D eigenvalue weighted by Crippen LogP contribution is -2.08. The Morgan fingerprint density at radius 3 is 2.83 bits per heavy atom. The van der Waals surface area contributed by atoms with Crippen LogP contribution in [-0.2, 0) is 7.05 Å². The molecule has 0 bridgehead atoms. The van der Waals surface area contributed by atoms with E-state index in [1.807, 2.05) is 12.1 Å². The highest BCUT2D eigenvalue weighted by Gasteiger charge is 2.24. The number of hydrogen-bond donors (Lipinski definition) is 0. The van der Waals surface area contributed by atoms with Gasteiger partial charge >= 0.3 is 5.76 Å². The summed E-state index contributed by atoms with van der Waals surface area (Å²) in [4.78, 5) is 11.8. The van der Waals surface area contributed by atoms with Crippen LogP contribution in [0.5, 0.6) is 0 Å². The van der Waals surface area contributed by atoms with E-state index in [4.69, 9.17) is 4.42 Å². The standard InChI is InChI=1S/C14H16BrNO2/c1-16-11-7-6-10(8-12(11)18-14(16)17)13(15)9-4-2-3-5-9/h6-9,13H,2-5H2,1H3. The van der Waals surface area contributed by atoms with Crippen molar-refractivity contribution in [2.45, 2.75) is 30.5 Å². The molecule has 18 heavy (non-hydrogen) atoms. The third-order valence-electron chi connectivity index (χ3n) is 3.95. The second-order valence-electron chi connectivity index (χ2n) is 5.10. The summed E-state index contributed by atoms with van der Waals surface area (Å²) in [6.07, 6.45) is 5.23. The van der Waals surface area contributed by atoms with Crippen LogP contribution in [0.1, 0.15) is 36.1 Å². The summed E-state index contributed by atoms with van der Waals surface area (Å²) in [7, 11) is 1.73. The van der Waals surface area contributed by atoms with E-state index in [2.05, 4.69) is 22.0 Å². The Bertz CT molecular complexity index is 622. The number of alkyl halides is 1. The summed E-state index contributed by atoms with van der Waals surface area (Å²) in [6.45, 7) is 0. The first-order chi connectivity index (χ1) is 8.66. The van der Waals surface area contributed by atoms with Crippen LogP contribution >= 0.6 is 15.9 Å². The lowest BCUT2D eigenvalue weighted by molar-refractivity contribution is 0.525. The van der Waals surface area contributed by atoms with Crippen molar-refractivity contribution >= 4 is 27.0 Å². The Kier molecular flexibility index (Phi) is 3.06. The molecule has 1 atom stereocenters. The van der Waals surface area contributed by atoms with Crippen LogP contribution in [0.15, 0.2) is 27.4 Å². The third-order valence-corrected chi connectivity index (χ3v) is 5.22. The SMILES string of the molecule is Cn1c(=O)oc2cc(C(Br)C3CCCC3)ccc21. The van der Waals surface area contributed by atoms with Crippen molar-refractivity contribution in [3.8, 4) is 0 Å². The number of benzene rings is 1. The van der Waals surface area contributed by atoms with E-state index < -0.39 is 0 Å². The summed E-state index contributed by atoms with van der Waals surface area (Å²) in [5, 5.41) is 0. The average molecular weight is 310 g/mol. The van der Waals surface area contributed by atoms with Crippen molar-refractivity contribution < 1.29 is 4.42 Å². The molecule has 1 saturated carbocycles. The molecule has 0 radical (unpaired) electrons. The molecule has 1 fully saturated rings. The van der Waals surface area contributed by atoms with Crippen molar-refractivity contribution in [3.63, 3.8) is 0 Å². The van der Waals surface area contributed by atoms with E-state index in [1.54, 1.807) is 7.05 Å². The number of nitrogens with zero attached hydrogens (tertiary/aromatic N) is 1. The maximum absolute atomic E-state index is 11.5. The van der Waals surface area contributed by atoms with Gasteiger partial charge in [0, 0.05) is 11.9 Å². The third kappa shape index (κ3) is 1.92. The smallest absolute Gasteiger partial charge is 0.408 e. The van der Waals surface area contributed by atoms with E-state index in [1.165, 1.54) is 35.8 Å². The zero-order valence-corrected chi connectivity index (χ0v) is 11.9. The Labute approximate surface area is 114 Å². The van der Waals surface area contributed by atoms with Crippen molar-refractivity contribution in [2.24, 2.45) is 13.0 Å². The molecule has 96 valence electrons. The monoisotopic (exact) mass is 309 g/mol. The molecule has 0 aliphatic heterocycles. The Hall–Kier alpha value is -1.03. The van der Waals surface area contributed by atoms with E-state index in [0.717, 1.165) is 5.52 Å². The van der Waals surface area contributed by atoms with Crippen molar-refractivity contribution in [1.82, 2.24) is 4.57 Å². The number of aromatic nitrogens is 1. The molecule has 1 unspecified atom stereocenters. The van der Waals surface area contributed by atoms with Gasteiger partial charge in [-0.2, -0.15) is 0 Å². The molecular weight excluding hydrogens is 294 g/mol. The highest BCUT2D eigenvalue weighted by atomic mass is 79.9. The number of aryl methyl sites for hydroxylation is 1. The van der Waals surface area contributed by atoms with Crippen LogP contribution in [0.25, 0.3) is 11.1 Å². The first-order valence-electron chi connectivity index (χ1n) is 6.40. The van der Waals surface area contributed by atoms with Gasteiger partial charge in [-0.15, -0.1) is 0 Å². The number of fused-ring (bicyclic) bond motifs is 1. The van der Waals surface area contributed by atoms with E-state index in [-0.39, 0.29) is 5.76 Å². The van der Waals surface area contributed by atoms with Gasteiger partial charge in [-0.1, -0.05) is 34.8 Å². The van der Waals surface area contributed by atoms with Crippen molar-refractivity contribution in [3.05, 3.63) is 34.3 Å². The molecule has 1 aliphatic carbocycles. The Balaban J connectivity index is 2.00. The first kappa shape index (κ1) is 12.0. The van der Waals surface area contributed by atoms with E-state index >= 15 is 0 Å². The van der Waals surface area contributed by atoms with Crippen LogP contribution in [-0.4, -0.2) is 4.57 Å². The Morgan fingerprint density at radius 2 is 2.11 bits per heavy atom. The Morgan fingerprint density at radius 1 is 1.39 bits per heavy atom. The zero-order chi connectivity index (χ0) is 12.7. The van der Waals surface area contributed by atoms with Gasteiger partial charge in [-0.05, 0) is 36.5 Å². The highest BCUT2D eigenvalue weighted by molar-refractivity contribution is 9.09. The molecule has 0 N–H and O–H groups in total. The summed E-state index contributed by atoms with van der Waals surface area (Å²) < 4.78 is 6.78. The fourth-order valence-electron chi connectivity index (χ4n) is 2.84. The van der Waals surface area contributed by atoms with Crippen LogP contribution in [0.2, 0.25) is 0 Å². The van der Waals surface area contributed by atoms with Crippen LogP contribution in [0.3, 0.4) is 0 Å².